The van der Waals surface area contributed by atoms with Gasteiger partial charge >= 0.3 is 24.0 Å². The van der Waals surface area contributed by atoms with E-state index in [0.717, 1.165) is 37.7 Å². The van der Waals surface area contributed by atoms with E-state index in [9.17, 15) is 58.8 Å². The monoisotopic (exact) mass is 1010 g/mol. The second-order valence-electron chi connectivity index (χ2n) is 17.5. The number of hydrogen-bond donors (Lipinski definition) is 11. The number of aliphatic hydroxyl groups excluding tert-OH is 3. The fraction of sp³-hybridized carbons (Fsp3) is 0.408. The number of aromatic nitrogens is 1. The molecule has 24 heteroatoms. The first-order chi connectivity index (χ1) is 35.0. The summed E-state index contributed by atoms with van der Waals surface area (Å²) >= 11 is 0. The number of rotatable bonds is 23. The van der Waals surface area contributed by atoms with Crippen LogP contribution in [-0.4, -0.2) is 146 Å². The summed E-state index contributed by atoms with van der Waals surface area (Å²) in [5, 5.41) is 65.3. The number of anilines is 2. The van der Waals surface area contributed by atoms with Gasteiger partial charge in [-0.1, -0.05) is 31.0 Å². The summed E-state index contributed by atoms with van der Waals surface area (Å²) in [7, 11) is 0. The van der Waals surface area contributed by atoms with Gasteiger partial charge in [-0.05, 0) is 78.8 Å². The number of ether oxygens (including phenoxy) is 3. The van der Waals surface area contributed by atoms with Gasteiger partial charge in [-0.3, -0.25) is 39.1 Å². The molecule has 2 saturated heterocycles. The standard InChI is InChI=1S/C49H58N8O16/c58-36(12-10-30-6-4-18-50-25-30)52-19-2-1-5-29-16-21-57(22-17-29)44(66)32-7-3-8-33(24-32)54-48(70)71-26-31-9-11-35(72-46-42(65)40(63)41(64)43(73-46)45(67)68)34(23-31)55-37(59)15-20-53-47(69)49(27-51-28-49)56-38(60)13-14-39(61)62/h3-4,6-12,18,23-25,29,40-41,43,51,63-65H,1-2,5,13-17,19-22,26-28H2,(H,52,58)(H,53,69)(H,54,70)(H,55,59)(H,56,60)(H,61,62)(H,67,68)/b12-10+/t40-,41?,43?/m0/s1. The van der Waals surface area contributed by atoms with Gasteiger partial charge in [-0.15, -0.1) is 0 Å². The average molecular weight is 1020 g/mol. The number of hydrogen-bond acceptors (Lipinski definition) is 16. The molecule has 6 rings (SSSR count). The normalized spacial score (nSPS) is 18.3. The largest absolute Gasteiger partial charge is 0.504 e. The molecule has 3 aliphatic rings. The Morgan fingerprint density at radius 2 is 1.66 bits per heavy atom. The van der Waals surface area contributed by atoms with E-state index in [1.54, 1.807) is 47.6 Å². The van der Waals surface area contributed by atoms with Gasteiger partial charge in [0.1, 0.15) is 24.4 Å². The molecule has 0 saturated carbocycles. The summed E-state index contributed by atoms with van der Waals surface area (Å²) in [5.41, 5.74) is 0.254. The molecule has 3 atom stereocenters. The van der Waals surface area contributed by atoms with Crippen molar-refractivity contribution in [2.45, 2.75) is 81.8 Å². The highest BCUT2D eigenvalue weighted by Gasteiger charge is 2.46. The zero-order valence-corrected chi connectivity index (χ0v) is 39.5. The van der Waals surface area contributed by atoms with Crippen molar-refractivity contribution in [3.63, 3.8) is 0 Å². The Morgan fingerprint density at radius 3 is 2.36 bits per heavy atom. The van der Waals surface area contributed by atoms with Crippen LogP contribution in [0.1, 0.15) is 72.9 Å². The third kappa shape index (κ3) is 15.7. The van der Waals surface area contributed by atoms with E-state index in [1.165, 1.54) is 30.3 Å². The summed E-state index contributed by atoms with van der Waals surface area (Å²) in [4.78, 5) is 106. The second-order valence-corrected chi connectivity index (χ2v) is 17.5. The quantitative estimate of drug-likeness (QED) is 0.0476. The van der Waals surface area contributed by atoms with Gasteiger partial charge in [0.25, 0.3) is 5.91 Å². The Bertz CT molecular complexity index is 2560. The summed E-state index contributed by atoms with van der Waals surface area (Å²) in [6.45, 7) is 1.20. The molecule has 2 aromatic carbocycles. The summed E-state index contributed by atoms with van der Waals surface area (Å²) in [6.07, 6.45) is 2.70. The number of carboxylic acid groups (broad SMARTS) is 2. The molecule has 11 N–H and O–H groups in total. The number of piperidine rings is 1. The lowest BCUT2D eigenvalue weighted by atomic mass is 9.90. The number of amides is 6. The Hall–Kier alpha value is -8.09. The predicted octanol–water partition coefficient (Wildman–Crippen LogP) is 1.76. The fourth-order valence-corrected chi connectivity index (χ4v) is 7.94. The molecule has 4 heterocycles. The number of aliphatic hydroxyl groups is 3. The summed E-state index contributed by atoms with van der Waals surface area (Å²) in [5.74, 6) is -6.98. The second kappa shape index (κ2) is 25.9. The smallest absolute Gasteiger partial charge is 0.411 e. The molecule has 6 amide bonds. The zero-order chi connectivity index (χ0) is 52.5. The Labute approximate surface area is 418 Å². The lowest BCUT2D eigenvalue weighted by Crippen LogP contribution is -2.75. The van der Waals surface area contributed by atoms with Crippen molar-refractivity contribution in [1.29, 1.82) is 0 Å². The molecule has 73 heavy (non-hydrogen) atoms. The molecule has 0 radical (unpaired) electrons. The van der Waals surface area contributed by atoms with Crippen LogP contribution >= 0.6 is 0 Å². The number of carbonyl (C=O) groups excluding carboxylic acids is 6. The first-order valence-electron chi connectivity index (χ1n) is 23.5. The molecule has 3 aliphatic heterocycles. The minimum absolute atomic E-state index is 0.0593. The van der Waals surface area contributed by atoms with Crippen LogP contribution < -0.4 is 36.6 Å². The van der Waals surface area contributed by atoms with Gasteiger partial charge in [-0.2, -0.15) is 0 Å². The first-order valence-corrected chi connectivity index (χ1v) is 23.5. The minimum Gasteiger partial charge on any atom is -0.504 e. The molecule has 2 fully saturated rings. The lowest BCUT2D eigenvalue weighted by Gasteiger charge is -2.41. The van der Waals surface area contributed by atoms with E-state index in [1.807, 2.05) is 6.07 Å². The minimum atomic E-state index is -2.12. The molecule has 390 valence electrons. The van der Waals surface area contributed by atoms with E-state index in [2.05, 4.69) is 36.9 Å². The highest BCUT2D eigenvalue weighted by Crippen LogP contribution is 2.33. The number of nitrogens with one attached hydrogen (secondary N) is 6. The molecule has 0 aliphatic carbocycles. The molecular formula is C49H58N8O16. The number of nitrogens with zero attached hydrogens (tertiary/aromatic N) is 2. The third-order valence-electron chi connectivity index (χ3n) is 12.1. The Balaban J connectivity index is 0.999. The van der Waals surface area contributed by atoms with Crippen molar-refractivity contribution in [2.75, 3.05) is 49.9 Å². The number of aliphatic carboxylic acids is 2. The van der Waals surface area contributed by atoms with Gasteiger partial charge < -0.3 is 71.2 Å². The number of likely N-dealkylation sites (tertiary alicyclic amines) is 1. The first kappa shape index (κ1) is 54.2. The van der Waals surface area contributed by atoms with Crippen LogP contribution in [0, 0.1) is 5.92 Å². The number of benzene rings is 2. The van der Waals surface area contributed by atoms with Crippen molar-refractivity contribution >= 4 is 65.0 Å². The molecular weight excluding hydrogens is 957 g/mol. The van der Waals surface area contributed by atoms with Crippen molar-refractivity contribution in [1.82, 2.24) is 31.2 Å². The van der Waals surface area contributed by atoms with Crippen LogP contribution in [-0.2, 0) is 44.8 Å². The van der Waals surface area contributed by atoms with E-state index in [4.69, 9.17) is 19.3 Å². The maximum atomic E-state index is 13.5. The Kier molecular flexibility index (Phi) is 19.2. The van der Waals surface area contributed by atoms with Gasteiger partial charge in [0.2, 0.25) is 35.5 Å². The summed E-state index contributed by atoms with van der Waals surface area (Å²) in [6, 6.07) is 14.0. The van der Waals surface area contributed by atoms with Crippen LogP contribution in [0.4, 0.5) is 16.2 Å². The molecule has 0 bridgehead atoms. The number of pyridine rings is 1. The van der Waals surface area contributed by atoms with Gasteiger partial charge in [0.15, 0.2) is 5.75 Å². The molecule has 3 aromatic rings. The van der Waals surface area contributed by atoms with E-state index >= 15 is 0 Å². The SMILES string of the molecule is O=C(O)CCC(=O)NC1(C(=O)NCCC(=O)Nc2cc(COC(=O)Nc3cccc(C(=O)N4CCC(CCCCNC(=O)/C=C/c5cccnc5)CC4)c3)ccc2OC2=C(O)[C@@H](O)C(O)C(C(=O)O)O2)CNC1. The van der Waals surface area contributed by atoms with E-state index < -0.39 is 77.7 Å². The van der Waals surface area contributed by atoms with Gasteiger partial charge in [-0.25, -0.2) is 9.59 Å². The maximum Gasteiger partial charge on any atom is 0.411 e. The van der Waals surface area contributed by atoms with Gasteiger partial charge in [0.05, 0.1) is 12.1 Å². The molecule has 2 unspecified atom stereocenters. The van der Waals surface area contributed by atoms with Crippen LogP contribution in [0.25, 0.3) is 6.08 Å². The van der Waals surface area contributed by atoms with Crippen LogP contribution in [0.5, 0.6) is 5.75 Å². The van der Waals surface area contributed by atoms with Crippen molar-refractivity contribution in [2.24, 2.45) is 5.92 Å². The van der Waals surface area contributed by atoms with Crippen molar-refractivity contribution < 1.29 is 78.1 Å². The third-order valence-corrected chi connectivity index (χ3v) is 12.1. The highest BCUT2D eigenvalue weighted by atomic mass is 16.7. The fourth-order valence-electron chi connectivity index (χ4n) is 7.94. The van der Waals surface area contributed by atoms with E-state index in [-0.39, 0.29) is 73.6 Å². The lowest BCUT2D eigenvalue weighted by molar-refractivity contribution is -0.171. The topological polar surface area (TPSA) is 354 Å². The van der Waals surface area contributed by atoms with Crippen molar-refractivity contribution in [3.8, 4) is 5.75 Å². The van der Waals surface area contributed by atoms with E-state index in [0.29, 0.717) is 31.1 Å². The number of unbranched alkanes of at least 4 members (excludes halogenated alkanes) is 1. The molecule has 1 aromatic heterocycles. The van der Waals surface area contributed by atoms with Gasteiger partial charge in [0, 0.05) is 81.8 Å². The van der Waals surface area contributed by atoms with Crippen LogP contribution in [0.15, 0.2) is 84.8 Å². The zero-order valence-electron chi connectivity index (χ0n) is 39.5. The highest BCUT2D eigenvalue weighted by molar-refractivity contribution is 5.97. The average Bonchev–Trinajstić information content (AvgIpc) is 3.36. The maximum absolute atomic E-state index is 13.5. The van der Waals surface area contributed by atoms with Crippen molar-refractivity contribution in [3.05, 3.63) is 101 Å². The number of carboxylic acids is 2. The molecule has 0 spiro atoms. The Morgan fingerprint density at radius 1 is 0.877 bits per heavy atom. The predicted molar refractivity (Wildman–Crippen MR) is 257 cm³/mol. The van der Waals surface area contributed by atoms with Crippen LogP contribution in [0.2, 0.25) is 0 Å². The molecule has 24 nitrogen and oxygen atoms in total. The number of carbonyl (C=O) groups is 8. The summed E-state index contributed by atoms with van der Waals surface area (Å²) < 4.78 is 16.2. The van der Waals surface area contributed by atoms with Crippen LogP contribution in [0.3, 0.4) is 0 Å².